The fraction of sp³-hybridized carbons (Fsp3) is 0.600. The maximum atomic E-state index is 5.68. The minimum Gasteiger partial charge on any atom is -0.492 e. The predicted molar refractivity (Wildman–Crippen MR) is 81.2 cm³/mol. The van der Waals surface area contributed by atoms with Crippen molar-refractivity contribution in [2.24, 2.45) is 5.92 Å². The van der Waals surface area contributed by atoms with Gasteiger partial charge < -0.3 is 10.1 Å². The van der Waals surface area contributed by atoms with Crippen LogP contribution in [0.2, 0.25) is 0 Å². The van der Waals surface area contributed by atoms with Gasteiger partial charge in [0.15, 0.2) is 0 Å². The van der Waals surface area contributed by atoms with Crippen LogP contribution in [0.25, 0.3) is 0 Å². The van der Waals surface area contributed by atoms with Gasteiger partial charge in [0.25, 0.3) is 0 Å². The molecule has 3 heteroatoms. The molecule has 0 saturated carbocycles. The molecule has 0 aliphatic rings. The molecule has 18 heavy (non-hydrogen) atoms. The Morgan fingerprint density at radius 2 is 2.11 bits per heavy atom. The fourth-order valence-corrected chi connectivity index (χ4v) is 2.26. The van der Waals surface area contributed by atoms with Crippen molar-refractivity contribution < 1.29 is 4.74 Å². The zero-order chi connectivity index (χ0) is 13.4. The molecule has 2 unspecified atom stereocenters. The zero-order valence-corrected chi connectivity index (χ0v) is 13.2. The lowest BCUT2D eigenvalue weighted by molar-refractivity contribution is 0.299. The molecule has 0 saturated heterocycles. The topological polar surface area (TPSA) is 21.3 Å². The van der Waals surface area contributed by atoms with Crippen molar-refractivity contribution in [1.29, 1.82) is 0 Å². The van der Waals surface area contributed by atoms with Crippen LogP contribution < -0.4 is 10.1 Å². The van der Waals surface area contributed by atoms with Gasteiger partial charge in [-0.05, 0) is 37.5 Å². The van der Waals surface area contributed by atoms with Gasteiger partial charge in [0, 0.05) is 17.1 Å². The van der Waals surface area contributed by atoms with Gasteiger partial charge in [-0.15, -0.1) is 0 Å². The molecular formula is C15H24BrNO. The lowest BCUT2D eigenvalue weighted by Crippen LogP contribution is -2.31. The Morgan fingerprint density at radius 3 is 2.78 bits per heavy atom. The van der Waals surface area contributed by atoms with Crippen molar-refractivity contribution in [3.05, 3.63) is 28.7 Å². The van der Waals surface area contributed by atoms with E-state index >= 15 is 0 Å². The number of nitrogens with one attached hydrogen (secondary N) is 1. The van der Waals surface area contributed by atoms with E-state index in [0.29, 0.717) is 12.6 Å². The van der Waals surface area contributed by atoms with E-state index in [2.05, 4.69) is 42.0 Å². The maximum Gasteiger partial charge on any atom is 0.120 e. The molecule has 0 aromatic heterocycles. The molecule has 102 valence electrons. The molecule has 1 N–H and O–H groups in total. The Kier molecular flexibility index (Phi) is 7.36. The van der Waals surface area contributed by atoms with Crippen LogP contribution in [0, 0.1) is 5.92 Å². The molecule has 0 bridgehead atoms. The summed E-state index contributed by atoms with van der Waals surface area (Å²) < 4.78 is 6.73. The largest absolute Gasteiger partial charge is 0.492 e. The van der Waals surface area contributed by atoms with E-state index in [9.17, 15) is 0 Å². The summed E-state index contributed by atoms with van der Waals surface area (Å²) in [4.78, 5) is 0. The first kappa shape index (κ1) is 15.5. The molecule has 2 atom stereocenters. The third kappa shape index (κ3) is 6.41. The van der Waals surface area contributed by atoms with Crippen LogP contribution >= 0.6 is 15.9 Å². The third-order valence-corrected chi connectivity index (χ3v) is 3.61. The average Bonchev–Trinajstić information content (AvgIpc) is 2.34. The van der Waals surface area contributed by atoms with Gasteiger partial charge in [-0.1, -0.05) is 42.3 Å². The molecule has 0 aliphatic heterocycles. The van der Waals surface area contributed by atoms with E-state index in [4.69, 9.17) is 4.74 Å². The second-order valence-electron chi connectivity index (χ2n) is 4.91. The van der Waals surface area contributed by atoms with E-state index in [1.165, 1.54) is 12.8 Å². The first-order valence-electron chi connectivity index (χ1n) is 6.73. The summed E-state index contributed by atoms with van der Waals surface area (Å²) in [5, 5.41) is 3.50. The van der Waals surface area contributed by atoms with Gasteiger partial charge >= 0.3 is 0 Å². The number of hydrogen-bond acceptors (Lipinski definition) is 2. The van der Waals surface area contributed by atoms with Crippen molar-refractivity contribution in [3.63, 3.8) is 0 Å². The number of ether oxygens (including phenoxy) is 1. The molecule has 1 aromatic carbocycles. The van der Waals surface area contributed by atoms with Crippen LogP contribution in [-0.2, 0) is 0 Å². The zero-order valence-electron chi connectivity index (χ0n) is 11.6. The molecular weight excluding hydrogens is 290 g/mol. The highest BCUT2D eigenvalue weighted by molar-refractivity contribution is 9.10. The van der Waals surface area contributed by atoms with E-state index in [1.807, 2.05) is 24.3 Å². The van der Waals surface area contributed by atoms with E-state index in [-0.39, 0.29) is 0 Å². The number of rotatable bonds is 8. The lowest BCUT2D eigenvalue weighted by Gasteiger charge is -2.17. The van der Waals surface area contributed by atoms with Crippen LogP contribution in [0.3, 0.4) is 0 Å². The first-order valence-corrected chi connectivity index (χ1v) is 7.52. The number of halogens is 1. The average molecular weight is 314 g/mol. The van der Waals surface area contributed by atoms with Gasteiger partial charge in [0.2, 0.25) is 0 Å². The molecule has 1 aromatic rings. The Morgan fingerprint density at radius 1 is 1.33 bits per heavy atom. The van der Waals surface area contributed by atoms with Crippen molar-refractivity contribution in [1.82, 2.24) is 5.32 Å². The summed E-state index contributed by atoms with van der Waals surface area (Å²) in [5.74, 6) is 1.71. The van der Waals surface area contributed by atoms with Gasteiger partial charge in [-0.2, -0.15) is 0 Å². The van der Waals surface area contributed by atoms with Crippen molar-refractivity contribution in [2.75, 3.05) is 13.2 Å². The Bertz CT molecular complexity index is 343. The maximum absolute atomic E-state index is 5.68. The monoisotopic (exact) mass is 313 g/mol. The van der Waals surface area contributed by atoms with Crippen LogP contribution in [0.4, 0.5) is 0 Å². The third-order valence-electron chi connectivity index (χ3n) is 3.11. The highest BCUT2D eigenvalue weighted by atomic mass is 79.9. The van der Waals surface area contributed by atoms with Crippen LogP contribution in [0.15, 0.2) is 28.7 Å². The van der Waals surface area contributed by atoms with Gasteiger partial charge in [-0.25, -0.2) is 0 Å². The second kappa shape index (κ2) is 8.54. The van der Waals surface area contributed by atoms with Crippen LogP contribution in [0.5, 0.6) is 5.75 Å². The predicted octanol–water partition coefficient (Wildman–Crippen LogP) is 4.24. The van der Waals surface area contributed by atoms with Crippen molar-refractivity contribution in [2.45, 2.75) is 39.7 Å². The Labute approximate surface area is 119 Å². The minimum absolute atomic E-state index is 0.561. The summed E-state index contributed by atoms with van der Waals surface area (Å²) in [6.45, 7) is 8.39. The normalized spacial score (nSPS) is 14.2. The Balaban J connectivity index is 2.15. The van der Waals surface area contributed by atoms with Gasteiger partial charge in [0.1, 0.15) is 12.4 Å². The number of benzene rings is 1. The molecule has 0 amide bonds. The second-order valence-corrected chi connectivity index (χ2v) is 5.83. The molecule has 2 nitrogen and oxygen atoms in total. The van der Waals surface area contributed by atoms with E-state index in [1.54, 1.807) is 0 Å². The van der Waals surface area contributed by atoms with Crippen molar-refractivity contribution in [3.8, 4) is 5.75 Å². The molecule has 0 heterocycles. The summed E-state index contributed by atoms with van der Waals surface area (Å²) in [5.41, 5.74) is 0. The number of hydrogen-bond donors (Lipinski definition) is 1. The van der Waals surface area contributed by atoms with Gasteiger partial charge in [-0.3, -0.25) is 0 Å². The Hall–Kier alpha value is -0.540. The fourth-order valence-electron chi connectivity index (χ4n) is 1.88. The first-order chi connectivity index (χ1) is 8.61. The van der Waals surface area contributed by atoms with Crippen LogP contribution in [0.1, 0.15) is 33.6 Å². The molecule has 1 rings (SSSR count). The highest BCUT2D eigenvalue weighted by Gasteiger charge is 2.06. The summed E-state index contributed by atoms with van der Waals surface area (Å²) >= 11 is 3.43. The summed E-state index contributed by atoms with van der Waals surface area (Å²) in [6.07, 6.45) is 2.48. The smallest absolute Gasteiger partial charge is 0.120 e. The highest BCUT2D eigenvalue weighted by Crippen LogP contribution is 2.17. The van der Waals surface area contributed by atoms with Crippen LogP contribution in [-0.4, -0.2) is 19.2 Å². The molecule has 0 aliphatic carbocycles. The summed E-state index contributed by atoms with van der Waals surface area (Å²) in [7, 11) is 0. The molecule has 0 spiro atoms. The summed E-state index contributed by atoms with van der Waals surface area (Å²) in [6, 6.07) is 8.51. The standard InChI is InChI=1S/C15H24BrNO/c1-4-12(2)10-13(3)17-8-9-18-15-7-5-6-14(16)11-15/h5-7,11-13,17H,4,8-10H2,1-3H3. The quantitative estimate of drug-likeness (QED) is 0.725. The SMILES string of the molecule is CCC(C)CC(C)NCCOc1cccc(Br)c1. The molecule has 0 fully saturated rings. The minimum atomic E-state index is 0.561. The lowest BCUT2D eigenvalue weighted by atomic mass is 10.0. The molecule has 0 radical (unpaired) electrons. The van der Waals surface area contributed by atoms with E-state index in [0.717, 1.165) is 22.7 Å². The van der Waals surface area contributed by atoms with E-state index < -0.39 is 0 Å². The van der Waals surface area contributed by atoms with Crippen molar-refractivity contribution >= 4 is 15.9 Å². The van der Waals surface area contributed by atoms with Gasteiger partial charge in [0.05, 0.1) is 0 Å².